The van der Waals surface area contributed by atoms with E-state index in [4.69, 9.17) is 15.2 Å². The van der Waals surface area contributed by atoms with Gasteiger partial charge in [-0.1, -0.05) is 0 Å². The molecule has 2 fully saturated rings. The Morgan fingerprint density at radius 2 is 1.72 bits per heavy atom. The van der Waals surface area contributed by atoms with Crippen molar-refractivity contribution in [2.45, 2.75) is 30.3 Å². The fourth-order valence-corrected chi connectivity index (χ4v) is 2.19. The van der Waals surface area contributed by atoms with Gasteiger partial charge in [0.2, 0.25) is 5.91 Å². The minimum atomic E-state index is -1.33. The second-order valence-electron chi connectivity index (χ2n) is 4.91. The zero-order valence-corrected chi connectivity index (χ0v) is 10.1. The number of carbonyl (C=O) groups excluding carboxylic acids is 1. The lowest BCUT2D eigenvalue weighted by molar-refractivity contribution is -0.149. The average Bonchev–Trinajstić information content (AvgIpc) is 2.80. The number of hydrogen-bond acceptors (Lipinski definition) is 5. The molecule has 2 aliphatic rings. The van der Waals surface area contributed by atoms with E-state index in [2.05, 4.69) is 5.32 Å². The molecule has 4 N–H and O–H groups in total. The van der Waals surface area contributed by atoms with Crippen molar-refractivity contribution in [2.75, 3.05) is 26.4 Å². The van der Waals surface area contributed by atoms with Gasteiger partial charge in [-0.2, -0.15) is 0 Å². The molecule has 2 aliphatic heterocycles. The van der Waals surface area contributed by atoms with Crippen LogP contribution in [0.25, 0.3) is 0 Å². The summed E-state index contributed by atoms with van der Waals surface area (Å²) in [6.07, 6.45) is 1.06. The van der Waals surface area contributed by atoms with Gasteiger partial charge in [0, 0.05) is 26.2 Å². The molecule has 2 rings (SSSR count). The quantitative estimate of drug-likeness (QED) is 0.589. The summed E-state index contributed by atoms with van der Waals surface area (Å²) >= 11 is 0. The Kier molecular flexibility index (Phi) is 3.56. The van der Waals surface area contributed by atoms with Crippen LogP contribution in [0.2, 0.25) is 0 Å². The van der Waals surface area contributed by atoms with Crippen LogP contribution in [-0.4, -0.2) is 54.5 Å². The van der Waals surface area contributed by atoms with Gasteiger partial charge in [-0.3, -0.25) is 4.79 Å². The number of amides is 1. The standard InChI is InChI=1S/C11H18N2O5/c12-10(1-4-17-5-2-10)8(14)13-11(9(15)16)3-6-18-7-11/h1-7,12H2,(H,13,14)(H,15,16). The van der Waals surface area contributed by atoms with Crippen LogP contribution in [0.1, 0.15) is 19.3 Å². The minimum Gasteiger partial charge on any atom is -0.479 e. The van der Waals surface area contributed by atoms with Crippen LogP contribution in [0.3, 0.4) is 0 Å². The lowest BCUT2D eigenvalue weighted by atomic mass is 9.88. The van der Waals surface area contributed by atoms with E-state index in [1.807, 2.05) is 0 Å². The van der Waals surface area contributed by atoms with Crippen LogP contribution in [0.4, 0.5) is 0 Å². The summed E-state index contributed by atoms with van der Waals surface area (Å²) in [5.41, 5.74) is 3.64. The van der Waals surface area contributed by atoms with Crippen molar-refractivity contribution < 1.29 is 24.2 Å². The first kappa shape index (κ1) is 13.3. The number of nitrogens with two attached hydrogens (primary N) is 1. The molecule has 2 heterocycles. The van der Waals surface area contributed by atoms with E-state index in [0.29, 0.717) is 32.7 Å². The van der Waals surface area contributed by atoms with Crippen molar-refractivity contribution in [3.63, 3.8) is 0 Å². The summed E-state index contributed by atoms with van der Waals surface area (Å²) in [7, 11) is 0. The van der Waals surface area contributed by atoms with Crippen LogP contribution in [-0.2, 0) is 19.1 Å². The molecule has 1 atom stereocenters. The van der Waals surface area contributed by atoms with Crippen molar-refractivity contribution in [1.82, 2.24) is 5.32 Å². The molecular weight excluding hydrogens is 240 g/mol. The predicted octanol–water partition coefficient (Wildman–Crippen LogP) is -1.15. The second kappa shape index (κ2) is 4.83. The molecule has 2 saturated heterocycles. The largest absolute Gasteiger partial charge is 0.479 e. The molecule has 1 unspecified atom stereocenters. The van der Waals surface area contributed by atoms with Gasteiger partial charge in [-0.25, -0.2) is 4.79 Å². The molecular formula is C11H18N2O5. The molecule has 0 aromatic rings. The van der Waals surface area contributed by atoms with Gasteiger partial charge in [0.15, 0.2) is 5.54 Å². The van der Waals surface area contributed by atoms with Crippen molar-refractivity contribution in [2.24, 2.45) is 5.73 Å². The van der Waals surface area contributed by atoms with Crippen molar-refractivity contribution in [1.29, 1.82) is 0 Å². The first-order chi connectivity index (χ1) is 8.49. The van der Waals surface area contributed by atoms with Gasteiger partial charge in [0.05, 0.1) is 12.1 Å². The van der Waals surface area contributed by atoms with E-state index < -0.39 is 23.0 Å². The SMILES string of the molecule is NC1(C(=O)NC2(C(=O)O)CCOC2)CCOCC1. The molecule has 1 amide bonds. The summed E-state index contributed by atoms with van der Waals surface area (Å²) in [4.78, 5) is 23.5. The third-order valence-electron chi connectivity index (χ3n) is 3.62. The highest BCUT2D eigenvalue weighted by Gasteiger charge is 2.47. The number of carboxylic acid groups (broad SMARTS) is 1. The molecule has 0 aromatic heterocycles. The summed E-state index contributed by atoms with van der Waals surface area (Å²) in [5.74, 6) is -1.51. The van der Waals surface area contributed by atoms with Crippen LogP contribution in [0.15, 0.2) is 0 Å². The monoisotopic (exact) mass is 258 g/mol. The minimum absolute atomic E-state index is 0.0132. The topological polar surface area (TPSA) is 111 Å². The molecule has 7 heteroatoms. The van der Waals surface area contributed by atoms with E-state index in [0.717, 1.165) is 0 Å². The molecule has 0 radical (unpaired) electrons. The number of carboxylic acids is 1. The fraction of sp³-hybridized carbons (Fsp3) is 0.818. The maximum atomic E-state index is 12.2. The van der Waals surface area contributed by atoms with Crippen molar-refractivity contribution in [3.05, 3.63) is 0 Å². The highest BCUT2D eigenvalue weighted by molar-refractivity contribution is 5.92. The summed E-state index contributed by atoms with van der Waals surface area (Å²) < 4.78 is 10.2. The van der Waals surface area contributed by atoms with E-state index in [1.165, 1.54) is 0 Å². The van der Waals surface area contributed by atoms with Gasteiger partial charge in [-0.15, -0.1) is 0 Å². The number of nitrogens with one attached hydrogen (secondary N) is 1. The molecule has 0 aromatic carbocycles. The number of carbonyl (C=O) groups is 2. The van der Waals surface area contributed by atoms with E-state index >= 15 is 0 Å². The number of rotatable bonds is 3. The molecule has 0 saturated carbocycles. The lowest BCUT2D eigenvalue weighted by Crippen LogP contribution is -2.64. The maximum absolute atomic E-state index is 12.2. The van der Waals surface area contributed by atoms with E-state index in [1.54, 1.807) is 0 Å². The van der Waals surface area contributed by atoms with Gasteiger partial charge in [0.1, 0.15) is 0 Å². The molecule has 0 spiro atoms. The second-order valence-corrected chi connectivity index (χ2v) is 4.91. The maximum Gasteiger partial charge on any atom is 0.331 e. The first-order valence-electron chi connectivity index (χ1n) is 5.99. The molecule has 7 nitrogen and oxygen atoms in total. The highest BCUT2D eigenvalue weighted by atomic mass is 16.5. The third kappa shape index (κ3) is 2.33. The Labute approximate surface area is 105 Å². The number of aliphatic carboxylic acids is 1. The van der Waals surface area contributed by atoms with Crippen molar-refractivity contribution >= 4 is 11.9 Å². The first-order valence-corrected chi connectivity index (χ1v) is 5.99. The summed E-state index contributed by atoms with van der Waals surface area (Å²) in [6, 6.07) is 0. The van der Waals surface area contributed by atoms with Gasteiger partial charge in [0.25, 0.3) is 0 Å². The van der Waals surface area contributed by atoms with Crippen molar-refractivity contribution in [3.8, 4) is 0 Å². The molecule has 102 valence electrons. The Morgan fingerprint density at radius 3 is 2.22 bits per heavy atom. The van der Waals surface area contributed by atoms with Gasteiger partial charge in [-0.05, 0) is 12.8 Å². The van der Waals surface area contributed by atoms with E-state index in [-0.39, 0.29) is 13.0 Å². The Morgan fingerprint density at radius 1 is 1.11 bits per heavy atom. The summed E-state index contributed by atoms with van der Waals surface area (Å²) in [5, 5.41) is 11.8. The molecule has 18 heavy (non-hydrogen) atoms. The predicted molar refractivity (Wildman–Crippen MR) is 60.9 cm³/mol. The smallest absolute Gasteiger partial charge is 0.331 e. The zero-order chi connectivity index (χ0) is 13.2. The lowest BCUT2D eigenvalue weighted by Gasteiger charge is -2.35. The third-order valence-corrected chi connectivity index (χ3v) is 3.62. The Bertz CT molecular complexity index is 345. The fourth-order valence-electron chi connectivity index (χ4n) is 2.19. The number of ether oxygens (including phenoxy) is 2. The number of hydrogen-bond donors (Lipinski definition) is 3. The van der Waals surface area contributed by atoms with Crippen LogP contribution < -0.4 is 11.1 Å². The van der Waals surface area contributed by atoms with E-state index in [9.17, 15) is 14.7 Å². The zero-order valence-electron chi connectivity index (χ0n) is 10.1. The highest BCUT2D eigenvalue weighted by Crippen LogP contribution is 2.23. The molecule has 0 bridgehead atoms. The van der Waals surface area contributed by atoms with Crippen LogP contribution >= 0.6 is 0 Å². The summed E-state index contributed by atoms with van der Waals surface area (Å²) in [6.45, 7) is 1.15. The van der Waals surface area contributed by atoms with Crippen LogP contribution in [0, 0.1) is 0 Å². The van der Waals surface area contributed by atoms with Crippen LogP contribution in [0.5, 0.6) is 0 Å². The van der Waals surface area contributed by atoms with Gasteiger partial charge < -0.3 is 25.6 Å². The molecule has 0 aliphatic carbocycles. The van der Waals surface area contributed by atoms with Gasteiger partial charge >= 0.3 is 5.97 Å². The Hall–Kier alpha value is -1.18. The average molecular weight is 258 g/mol. The normalized spacial score (nSPS) is 30.9. The Balaban J connectivity index is 2.07.